The van der Waals surface area contributed by atoms with Gasteiger partial charge in [0.25, 0.3) is 0 Å². The van der Waals surface area contributed by atoms with Gasteiger partial charge in [0.2, 0.25) is 0 Å². The third-order valence-corrected chi connectivity index (χ3v) is 3.01. The van der Waals surface area contributed by atoms with Crippen LogP contribution >= 0.6 is 0 Å². The molecule has 2 aromatic carbocycles. The highest BCUT2D eigenvalue weighted by Gasteiger charge is 2.06. The van der Waals surface area contributed by atoms with Crippen LogP contribution in [0.15, 0.2) is 48.5 Å². The van der Waals surface area contributed by atoms with E-state index in [1.807, 2.05) is 19.2 Å². The number of hydrogen-bond donors (Lipinski definition) is 1. The lowest BCUT2D eigenvalue weighted by atomic mass is 10.0. The molecule has 0 heterocycles. The number of rotatable bonds is 5. The average Bonchev–Trinajstić information content (AvgIpc) is 2.45. The zero-order valence-electron chi connectivity index (χ0n) is 10.9. The molecular weight excluding hydrogens is 222 g/mol. The molecule has 2 nitrogen and oxygen atoms in total. The predicted molar refractivity (Wildman–Crippen MR) is 76.1 cm³/mol. The molecule has 0 aromatic heterocycles. The first kappa shape index (κ1) is 12.7. The normalized spacial score (nSPS) is 10.3. The summed E-state index contributed by atoms with van der Waals surface area (Å²) in [7, 11) is 3.69. The number of nitrogens with one attached hydrogen (secondary N) is 1. The summed E-state index contributed by atoms with van der Waals surface area (Å²) in [4.78, 5) is 0. The molecule has 2 aromatic rings. The van der Waals surface area contributed by atoms with Crippen molar-refractivity contribution in [3.8, 4) is 16.9 Å². The van der Waals surface area contributed by atoms with E-state index in [1.54, 1.807) is 7.11 Å². The molecule has 18 heavy (non-hydrogen) atoms. The van der Waals surface area contributed by atoms with Crippen molar-refractivity contribution in [3.05, 3.63) is 54.1 Å². The Morgan fingerprint density at radius 3 is 2.50 bits per heavy atom. The van der Waals surface area contributed by atoms with Crippen molar-refractivity contribution >= 4 is 0 Å². The van der Waals surface area contributed by atoms with Crippen LogP contribution in [0.2, 0.25) is 0 Å². The lowest BCUT2D eigenvalue weighted by molar-refractivity contribution is 0.416. The number of hydrogen-bond acceptors (Lipinski definition) is 2. The molecule has 0 atom stereocenters. The van der Waals surface area contributed by atoms with Crippen molar-refractivity contribution in [1.82, 2.24) is 5.32 Å². The van der Waals surface area contributed by atoms with Gasteiger partial charge in [0.05, 0.1) is 7.11 Å². The molecule has 0 aliphatic rings. The Labute approximate surface area is 109 Å². The first-order chi connectivity index (χ1) is 8.85. The monoisotopic (exact) mass is 241 g/mol. The first-order valence-corrected chi connectivity index (χ1v) is 6.22. The Morgan fingerprint density at radius 2 is 1.83 bits per heavy atom. The van der Waals surface area contributed by atoms with Crippen LogP contribution in [0.1, 0.15) is 5.56 Å². The highest BCUT2D eigenvalue weighted by Crippen LogP contribution is 2.30. The lowest BCUT2D eigenvalue weighted by Gasteiger charge is -2.11. The Bertz CT molecular complexity index is 494. The average molecular weight is 241 g/mol. The quantitative estimate of drug-likeness (QED) is 0.868. The van der Waals surface area contributed by atoms with Crippen LogP contribution in [0.4, 0.5) is 0 Å². The highest BCUT2D eigenvalue weighted by atomic mass is 16.5. The minimum atomic E-state index is 0.925. The molecule has 0 aliphatic carbocycles. The molecule has 0 fully saturated rings. The maximum atomic E-state index is 5.44. The summed E-state index contributed by atoms with van der Waals surface area (Å²) in [5.74, 6) is 0.925. The highest BCUT2D eigenvalue weighted by molar-refractivity contribution is 5.71. The maximum Gasteiger partial charge on any atom is 0.126 e. The Hall–Kier alpha value is -1.80. The summed E-state index contributed by atoms with van der Waals surface area (Å²) < 4.78 is 5.44. The summed E-state index contributed by atoms with van der Waals surface area (Å²) in [6.07, 6.45) is 1.03. The molecule has 0 saturated carbocycles. The van der Waals surface area contributed by atoms with Crippen LogP contribution in [0, 0.1) is 0 Å². The van der Waals surface area contributed by atoms with E-state index >= 15 is 0 Å². The van der Waals surface area contributed by atoms with Crippen molar-refractivity contribution < 1.29 is 4.74 Å². The number of benzene rings is 2. The fraction of sp³-hybridized carbons (Fsp3) is 0.250. The summed E-state index contributed by atoms with van der Waals surface area (Å²) in [6, 6.07) is 16.7. The van der Waals surface area contributed by atoms with Gasteiger partial charge < -0.3 is 10.1 Å². The number of ether oxygens (including phenoxy) is 1. The Balaban J connectivity index is 2.37. The van der Waals surface area contributed by atoms with Gasteiger partial charge in [0, 0.05) is 5.56 Å². The maximum absolute atomic E-state index is 5.44. The molecule has 94 valence electrons. The van der Waals surface area contributed by atoms with Crippen molar-refractivity contribution in [2.75, 3.05) is 20.7 Å². The third-order valence-electron chi connectivity index (χ3n) is 3.01. The van der Waals surface area contributed by atoms with E-state index in [9.17, 15) is 0 Å². The molecule has 0 bridgehead atoms. The molecular formula is C16H19NO. The molecule has 0 spiro atoms. The number of methoxy groups -OCH3 is 1. The van der Waals surface area contributed by atoms with Crippen molar-refractivity contribution in [2.45, 2.75) is 6.42 Å². The minimum absolute atomic E-state index is 0.925. The molecule has 2 heteroatoms. The van der Waals surface area contributed by atoms with Crippen molar-refractivity contribution in [1.29, 1.82) is 0 Å². The summed E-state index contributed by atoms with van der Waals surface area (Å²) in [6.45, 7) is 0.987. The van der Waals surface area contributed by atoms with E-state index in [1.165, 1.54) is 11.1 Å². The summed E-state index contributed by atoms with van der Waals surface area (Å²) >= 11 is 0. The molecule has 0 unspecified atom stereocenters. The molecule has 0 aliphatic heterocycles. The van der Waals surface area contributed by atoms with Gasteiger partial charge in [-0.15, -0.1) is 0 Å². The van der Waals surface area contributed by atoms with Gasteiger partial charge in [0.1, 0.15) is 5.75 Å². The van der Waals surface area contributed by atoms with E-state index in [0.29, 0.717) is 0 Å². The smallest absolute Gasteiger partial charge is 0.126 e. The fourth-order valence-electron chi connectivity index (χ4n) is 2.02. The van der Waals surface area contributed by atoms with Crippen LogP contribution in [-0.4, -0.2) is 20.7 Å². The zero-order valence-corrected chi connectivity index (χ0v) is 10.9. The van der Waals surface area contributed by atoms with Crippen LogP contribution in [-0.2, 0) is 6.42 Å². The van der Waals surface area contributed by atoms with Gasteiger partial charge >= 0.3 is 0 Å². The molecule has 0 amide bonds. The van der Waals surface area contributed by atoms with E-state index < -0.39 is 0 Å². The third kappa shape index (κ3) is 2.90. The van der Waals surface area contributed by atoms with Gasteiger partial charge in [-0.1, -0.05) is 36.4 Å². The standard InChI is InChI=1S/C16H19NO/c1-17-11-10-13-8-9-16(18-2)15(12-13)14-6-4-3-5-7-14/h3-9,12,17H,10-11H2,1-2H3. The molecule has 0 radical (unpaired) electrons. The summed E-state index contributed by atoms with van der Waals surface area (Å²) in [5.41, 5.74) is 3.68. The molecule has 2 rings (SSSR count). The number of likely N-dealkylation sites (N-methyl/N-ethyl adjacent to an activating group) is 1. The SMILES string of the molecule is CNCCc1ccc(OC)c(-c2ccccc2)c1. The van der Waals surface area contributed by atoms with E-state index in [2.05, 4.69) is 41.7 Å². The summed E-state index contributed by atoms with van der Waals surface area (Å²) in [5, 5.41) is 3.17. The lowest BCUT2D eigenvalue weighted by Crippen LogP contribution is -2.10. The Morgan fingerprint density at radius 1 is 1.06 bits per heavy atom. The zero-order chi connectivity index (χ0) is 12.8. The van der Waals surface area contributed by atoms with E-state index in [4.69, 9.17) is 4.74 Å². The van der Waals surface area contributed by atoms with Crippen molar-refractivity contribution in [3.63, 3.8) is 0 Å². The largest absolute Gasteiger partial charge is 0.496 e. The predicted octanol–water partition coefficient (Wildman–Crippen LogP) is 3.12. The second kappa shape index (κ2) is 6.22. The van der Waals surface area contributed by atoms with Gasteiger partial charge in [-0.25, -0.2) is 0 Å². The second-order valence-corrected chi connectivity index (χ2v) is 4.25. The van der Waals surface area contributed by atoms with Crippen LogP contribution in [0.3, 0.4) is 0 Å². The van der Waals surface area contributed by atoms with Crippen LogP contribution < -0.4 is 10.1 Å². The van der Waals surface area contributed by atoms with Gasteiger partial charge in [-0.2, -0.15) is 0 Å². The van der Waals surface area contributed by atoms with Gasteiger partial charge in [-0.3, -0.25) is 0 Å². The van der Waals surface area contributed by atoms with Crippen LogP contribution in [0.25, 0.3) is 11.1 Å². The first-order valence-electron chi connectivity index (χ1n) is 6.22. The Kier molecular flexibility index (Phi) is 4.37. The van der Waals surface area contributed by atoms with Gasteiger partial charge in [-0.05, 0) is 43.3 Å². The minimum Gasteiger partial charge on any atom is -0.496 e. The van der Waals surface area contributed by atoms with Crippen molar-refractivity contribution in [2.24, 2.45) is 0 Å². The molecule has 1 N–H and O–H groups in total. The van der Waals surface area contributed by atoms with E-state index in [-0.39, 0.29) is 0 Å². The fourth-order valence-corrected chi connectivity index (χ4v) is 2.02. The second-order valence-electron chi connectivity index (χ2n) is 4.25. The molecule has 0 saturated heterocycles. The van der Waals surface area contributed by atoms with E-state index in [0.717, 1.165) is 24.3 Å². The van der Waals surface area contributed by atoms with Crippen LogP contribution in [0.5, 0.6) is 5.75 Å². The topological polar surface area (TPSA) is 21.3 Å². The van der Waals surface area contributed by atoms with Gasteiger partial charge in [0.15, 0.2) is 0 Å².